The van der Waals surface area contributed by atoms with Crippen LogP contribution in [0.25, 0.3) is 0 Å². The third kappa shape index (κ3) is 6.44. The number of thioether (sulfide) groups is 1. The molecule has 0 heterocycles. The average molecular weight is 295 g/mol. The van der Waals surface area contributed by atoms with Crippen LogP contribution in [0.15, 0.2) is 23.1 Å². The number of carbonyl (C=O) groups excluding carboxylic acids is 1. The zero-order chi connectivity index (χ0) is 15.0. The van der Waals surface area contributed by atoms with Gasteiger partial charge in [0, 0.05) is 23.6 Å². The first-order valence-electron chi connectivity index (χ1n) is 7.17. The second-order valence-electron chi connectivity index (χ2n) is 5.05. The van der Waals surface area contributed by atoms with Crippen LogP contribution in [0.5, 0.6) is 0 Å². The molecule has 0 bridgehead atoms. The van der Waals surface area contributed by atoms with Crippen molar-refractivity contribution in [1.29, 1.82) is 0 Å². The first-order valence-corrected chi connectivity index (χ1v) is 8.16. The molecule has 20 heavy (non-hydrogen) atoms. The van der Waals surface area contributed by atoms with Gasteiger partial charge >= 0.3 is 0 Å². The Bertz CT molecular complexity index is 434. The molecule has 0 spiro atoms. The van der Waals surface area contributed by atoms with Crippen molar-refractivity contribution in [3.8, 4) is 0 Å². The Morgan fingerprint density at radius 2 is 2.10 bits per heavy atom. The van der Waals surface area contributed by atoms with Crippen molar-refractivity contribution in [2.45, 2.75) is 51.0 Å². The normalized spacial score (nSPS) is 12.2. The maximum atomic E-state index is 11.6. The predicted octanol–water partition coefficient (Wildman–Crippen LogP) is 3.06. The van der Waals surface area contributed by atoms with Gasteiger partial charge in [0.05, 0.1) is 6.10 Å². The number of nitrogens with one attached hydrogen (secondary N) is 1. The van der Waals surface area contributed by atoms with E-state index >= 15 is 0 Å². The Kier molecular flexibility index (Phi) is 7.70. The Balaban J connectivity index is 2.20. The summed E-state index contributed by atoms with van der Waals surface area (Å²) in [5.41, 5.74) is 2.58. The molecule has 1 amide bonds. The number of aliphatic hydroxyl groups excluding tert-OH is 1. The van der Waals surface area contributed by atoms with Gasteiger partial charge in [-0.05, 0) is 49.9 Å². The number of hydrogen-bond acceptors (Lipinski definition) is 3. The maximum absolute atomic E-state index is 11.6. The van der Waals surface area contributed by atoms with Crippen molar-refractivity contribution >= 4 is 17.7 Å². The van der Waals surface area contributed by atoms with Crippen molar-refractivity contribution in [2.24, 2.45) is 0 Å². The molecule has 4 heteroatoms. The molecule has 0 aliphatic rings. The van der Waals surface area contributed by atoms with Gasteiger partial charge in [0.1, 0.15) is 0 Å². The van der Waals surface area contributed by atoms with Gasteiger partial charge in [-0.2, -0.15) is 0 Å². The Hall–Kier alpha value is -1.00. The number of amides is 1. The van der Waals surface area contributed by atoms with Crippen LogP contribution in [0.3, 0.4) is 0 Å². The number of aliphatic hydroxyl groups is 1. The van der Waals surface area contributed by atoms with E-state index in [0.29, 0.717) is 19.4 Å². The molecule has 0 aliphatic heterocycles. The molecule has 3 nitrogen and oxygen atoms in total. The van der Waals surface area contributed by atoms with Crippen LogP contribution in [-0.4, -0.2) is 29.4 Å². The van der Waals surface area contributed by atoms with Gasteiger partial charge in [-0.1, -0.05) is 13.0 Å². The minimum Gasteiger partial charge on any atom is -0.393 e. The van der Waals surface area contributed by atoms with E-state index in [1.165, 1.54) is 16.0 Å². The maximum Gasteiger partial charge on any atom is 0.220 e. The van der Waals surface area contributed by atoms with Gasteiger partial charge in [-0.3, -0.25) is 4.79 Å². The number of benzene rings is 1. The standard InChI is InChI=1S/C16H25NO2S/c1-4-14(18)7-9-17-16(19)8-10-20-15-6-5-12(2)13(3)11-15/h5-6,11,14,18H,4,7-10H2,1-3H3,(H,17,19). The lowest BCUT2D eigenvalue weighted by molar-refractivity contribution is -0.120. The minimum atomic E-state index is -0.305. The van der Waals surface area contributed by atoms with Crippen LogP contribution in [0.4, 0.5) is 0 Å². The first-order chi connectivity index (χ1) is 9.52. The molecule has 0 radical (unpaired) electrons. The van der Waals surface area contributed by atoms with Gasteiger partial charge in [0.25, 0.3) is 0 Å². The van der Waals surface area contributed by atoms with Crippen LogP contribution >= 0.6 is 11.8 Å². The largest absolute Gasteiger partial charge is 0.393 e. The Morgan fingerprint density at radius 3 is 2.75 bits per heavy atom. The fourth-order valence-electron chi connectivity index (χ4n) is 1.74. The summed E-state index contributed by atoms with van der Waals surface area (Å²) in [7, 11) is 0. The van der Waals surface area contributed by atoms with E-state index in [0.717, 1.165) is 12.2 Å². The van der Waals surface area contributed by atoms with Crippen molar-refractivity contribution in [3.63, 3.8) is 0 Å². The predicted molar refractivity (Wildman–Crippen MR) is 85.2 cm³/mol. The molecule has 1 aromatic carbocycles. The Labute approximate surface area is 126 Å². The first kappa shape index (κ1) is 17.1. The molecule has 0 aliphatic carbocycles. The third-order valence-electron chi connectivity index (χ3n) is 3.35. The molecule has 0 aromatic heterocycles. The highest BCUT2D eigenvalue weighted by molar-refractivity contribution is 7.99. The van der Waals surface area contributed by atoms with Crippen molar-refractivity contribution < 1.29 is 9.90 Å². The molecule has 1 unspecified atom stereocenters. The molecule has 1 atom stereocenters. The lowest BCUT2D eigenvalue weighted by Crippen LogP contribution is -2.27. The molecular weight excluding hydrogens is 270 g/mol. The summed E-state index contributed by atoms with van der Waals surface area (Å²) in [6, 6.07) is 6.38. The quantitative estimate of drug-likeness (QED) is 0.725. The summed E-state index contributed by atoms with van der Waals surface area (Å²) in [4.78, 5) is 12.8. The van der Waals surface area contributed by atoms with Gasteiger partial charge in [-0.15, -0.1) is 11.8 Å². The highest BCUT2D eigenvalue weighted by Crippen LogP contribution is 2.21. The minimum absolute atomic E-state index is 0.0598. The van der Waals surface area contributed by atoms with E-state index in [1.54, 1.807) is 11.8 Å². The zero-order valence-corrected chi connectivity index (χ0v) is 13.4. The Morgan fingerprint density at radius 1 is 1.35 bits per heavy atom. The summed E-state index contributed by atoms with van der Waals surface area (Å²) >= 11 is 1.71. The number of rotatable bonds is 8. The summed E-state index contributed by atoms with van der Waals surface area (Å²) in [5.74, 6) is 0.842. The van der Waals surface area contributed by atoms with E-state index in [2.05, 4.69) is 37.4 Å². The van der Waals surface area contributed by atoms with Crippen LogP contribution < -0.4 is 5.32 Å². The molecule has 0 saturated heterocycles. The molecule has 1 aromatic rings. The van der Waals surface area contributed by atoms with E-state index in [9.17, 15) is 9.90 Å². The van der Waals surface area contributed by atoms with Gasteiger partial charge < -0.3 is 10.4 Å². The van der Waals surface area contributed by atoms with Crippen molar-refractivity contribution in [3.05, 3.63) is 29.3 Å². The summed E-state index contributed by atoms with van der Waals surface area (Å²) in [6.07, 6.45) is 1.57. The summed E-state index contributed by atoms with van der Waals surface area (Å²) in [5, 5.41) is 12.2. The molecule has 1 rings (SSSR count). The number of carbonyl (C=O) groups is 1. The molecule has 0 fully saturated rings. The summed E-state index contributed by atoms with van der Waals surface area (Å²) in [6.45, 7) is 6.70. The van der Waals surface area contributed by atoms with Crippen LogP contribution in [0.1, 0.15) is 37.3 Å². The lowest BCUT2D eigenvalue weighted by atomic mass is 10.1. The molecule has 2 N–H and O–H groups in total. The smallest absolute Gasteiger partial charge is 0.220 e. The molecular formula is C16H25NO2S. The second kappa shape index (κ2) is 9.03. The van der Waals surface area contributed by atoms with Gasteiger partial charge in [-0.25, -0.2) is 0 Å². The van der Waals surface area contributed by atoms with Gasteiger partial charge in [0.15, 0.2) is 0 Å². The molecule has 112 valence electrons. The van der Waals surface area contributed by atoms with Crippen LogP contribution in [0, 0.1) is 13.8 Å². The SMILES string of the molecule is CCC(O)CCNC(=O)CCSc1ccc(C)c(C)c1. The van der Waals surface area contributed by atoms with Gasteiger partial charge in [0.2, 0.25) is 5.91 Å². The fourth-order valence-corrected chi connectivity index (χ4v) is 2.68. The topological polar surface area (TPSA) is 49.3 Å². The zero-order valence-electron chi connectivity index (χ0n) is 12.6. The van der Waals surface area contributed by atoms with E-state index in [-0.39, 0.29) is 12.0 Å². The fraction of sp³-hybridized carbons (Fsp3) is 0.562. The van der Waals surface area contributed by atoms with E-state index in [1.807, 2.05) is 6.92 Å². The highest BCUT2D eigenvalue weighted by atomic mass is 32.2. The average Bonchev–Trinajstić information content (AvgIpc) is 2.42. The van der Waals surface area contributed by atoms with E-state index < -0.39 is 0 Å². The van der Waals surface area contributed by atoms with Crippen LogP contribution in [-0.2, 0) is 4.79 Å². The van der Waals surface area contributed by atoms with Crippen LogP contribution in [0.2, 0.25) is 0 Å². The number of aryl methyl sites for hydroxylation is 2. The third-order valence-corrected chi connectivity index (χ3v) is 4.34. The van der Waals surface area contributed by atoms with Crippen molar-refractivity contribution in [1.82, 2.24) is 5.32 Å². The van der Waals surface area contributed by atoms with Crippen molar-refractivity contribution in [2.75, 3.05) is 12.3 Å². The monoisotopic (exact) mass is 295 g/mol. The highest BCUT2D eigenvalue weighted by Gasteiger charge is 2.04. The second-order valence-corrected chi connectivity index (χ2v) is 6.21. The van der Waals surface area contributed by atoms with E-state index in [4.69, 9.17) is 0 Å². The summed E-state index contributed by atoms with van der Waals surface area (Å²) < 4.78 is 0. The lowest BCUT2D eigenvalue weighted by Gasteiger charge is -2.09. The molecule has 0 saturated carbocycles. The number of hydrogen-bond donors (Lipinski definition) is 2.